The average molecular weight is 233 g/mol. The van der Waals surface area contributed by atoms with Crippen LogP contribution in [0.4, 0.5) is 17.3 Å². The van der Waals surface area contributed by atoms with Crippen molar-refractivity contribution in [2.24, 2.45) is 0 Å². The maximum absolute atomic E-state index is 10.5. The molecule has 2 aromatic rings. The summed E-state index contributed by atoms with van der Waals surface area (Å²) in [4.78, 5) is 13.9. The van der Waals surface area contributed by atoms with Crippen LogP contribution in [0, 0.1) is 10.1 Å². The Morgan fingerprint density at radius 3 is 2.41 bits per heavy atom. The number of nitrogens with two attached hydrogens (primary N) is 2. The van der Waals surface area contributed by atoms with E-state index in [1.165, 1.54) is 18.5 Å². The molecule has 0 fully saturated rings. The highest BCUT2D eigenvalue weighted by molar-refractivity contribution is 5.53. The Morgan fingerprint density at radius 1 is 1.29 bits per heavy atom. The van der Waals surface area contributed by atoms with E-state index in [-0.39, 0.29) is 11.5 Å². The van der Waals surface area contributed by atoms with Crippen LogP contribution in [0.5, 0.6) is 0 Å². The van der Waals surface area contributed by atoms with Crippen LogP contribution < -0.4 is 11.5 Å². The van der Waals surface area contributed by atoms with Gasteiger partial charge in [0, 0.05) is 12.1 Å². The van der Waals surface area contributed by atoms with Crippen LogP contribution >= 0.6 is 0 Å². The Hall–Kier alpha value is -2.57. The van der Waals surface area contributed by atoms with Crippen LogP contribution in [0.1, 0.15) is 5.56 Å². The molecule has 1 aromatic carbocycles. The number of aromatic nitrogens is 2. The number of nitrogen functional groups attached to an aromatic ring is 2. The van der Waals surface area contributed by atoms with Gasteiger partial charge in [0.25, 0.3) is 5.69 Å². The minimum atomic E-state index is -0.437. The van der Waals surface area contributed by atoms with E-state index in [4.69, 9.17) is 11.5 Å². The fourth-order valence-electron chi connectivity index (χ4n) is 1.45. The van der Waals surface area contributed by atoms with Crippen molar-refractivity contribution in [3.8, 4) is 0 Å². The van der Waals surface area contributed by atoms with E-state index < -0.39 is 4.92 Å². The molecule has 0 atom stereocenters. The first-order chi connectivity index (χ1) is 8.08. The zero-order chi connectivity index (χ0) is 12.4. The molecule has 0 aliphatic carbocycles. The van der Waals surface area contributed by atoms with Gasteiger partial charge in [-0.3, -0.25) is 10.1 Å². The van der Waals surface area contributed by atoms with E-state index in [0.717, 1.165) is 5.56 Å². The van der Waals surface area contributed by atoms with Crippen molar-refractivity contribution in [3.05, 3.63) is 46.3 Å². The summed E-state index contributed by atoms with van der Waals surface area (Å²) >= 11 is 0. The van der Waals surface area contributed by atoms with Crippen molar-refractivity contribution in [2.45, 2.75) is 6.54 Å². The minimum Gasteiger partial charge on any atom is -0.382 e. The Balaban J connectivity index is 2.19. The van der Waals surface area contributed by atoms with Gasteiger partial charge in [-0.25, -0.2) is 4.98 Å². The summed E-state index contributed by atoms with van der Waals surface area (Å²) in [6.45, 7) is 0.480. The van der Waals surface area contributed by atoms with Crippen molar-refractivity contribution in [2.75, 3.05) is 11.5 Å². The lowest BCUT2D eigenvalue weighted by atomic mass is 10.2. The number of non-ortho nitro benzene ring substituents is 1. The molecule has 7 heteroatoms. The molecule has 1 aromatic heterocycles. The van der Waals surface area contributed by atoms with Gasteiger partial charge in [0.15, 0.2) is 5.82 Å². The molecule has 0 radical (unpaired) electrons. The molecule has 0 aliphatic heterocycles. The molecule has 0 unspecified atom stereocenters. The first-order valence-electron chi connectivity index (χ1n) is 4.87. The summed E-state index contributed by atoms with van der Waals surface area (Å²) < 4.78 is 1.68. The molecule has 1 heterocycles. The summed E-state index contributed by atoms with van der Waals surface area (Å²) in [5.41, 5.74) is 12.2. The van der Waals surface area contributed by atoms with Crippen LogP contribution in [-0.4, -0.2) is 14.5 Å². The number of nitro groups is 1. The van der Waals surface area contributed by atoms with E-state index in [1.54, 1.807) is 16.7 Å². The highest BCUT2D eigenvalue weighted by Crippen LogP contribution is 2.16. The fourth-order valence-corrected chi connectivity index (χ4v) is 1.45. The number of nitrogens with zero attached hydrogens (tertiary/aromatic N) is 3. The molecule has 2 rings (SSSR count). The third-order valence-electron chi connectivity index (χ3n) is 2.41. The van der Waals surface area contributed by atoms with E-state index in [0.29, 0.717) is 12.4 Å². The topological polar surface area (TPSA) is 113 Å². The third kappa shape index (κ3) is 2.17. The number of anilines is 2. The third-order valence-corrected chi connectivity index (χ3v) is 2.41. The zero-order valence-corrected chi connectivity index (χ0v) is 8.91. The number of hydrogen-bond donors (Lipinski definition) is 2. The van der Waals surface area contributed by atoms with Gasteiger partial charge >= 0.3 is 0 Å². The standard InChI is InChI=1S/C10H11N5O2/c11-9-10(12)14(6-13-9)5-7-1-3-8(4-2-7)15(16)17/h1-4,6H,5,11-12H2. The fraction of sp³-hybridized carbons (Fsp3) is 0.100. The van der Waals surface area contributed by atoms with Gasteiger partial charge in [0.2, 0.25) is 0 Å². The van der Waals surface area contributed by atoms with E-state index in [2.05, 4.69) is 4.98 Å². The molecule has 0 bridgehead atoms. The number of imidazole rings is 1. The molecule has 88 valence electrons. The predicted molar refractivity (Wildman–Crippen MR) is 63.3 cm³/mol. The quantitative estimate of drug-likeness (QED) is 0.606. The molecular formula is C10H11N5O2. The number of hydrogen-bond acceptors (Lipinski definition) is 5. The Labute approximate surface area is 96.8 Å². The van der Waals surface area contributed by atoms with Gasteiger partial charge in [-0.05, 0) is 5.56 Å². The lowest BCUT2D eigenvalue weighted by molar-refractivity contribution is -0.384. The van der Waals surface area contributed by atoms with E-state index in [1.807, 2.05) is 0 Å². The molecule has 0 saturated carbocycles. The molecule has 17 heavy (non-hydrogen) atoms. The largest absolute Gasteiger partial charge is 0.382 e. The molecule has 0 spiro atoms. The van der Waals surface area contributed by atoms with Crippen molar-refractivity contribution >= 4 is 17.3 Å². The SMILES string of the molecule is Nc1ncn(Cc2ccc([N+](=O)[O-])cc2)c1N. The lowest BCUT2D eigenvalue weighted by Gasteiger charge is -2.04. The number of nitro benzene ring substituents is 1. The van der Waals surface area contributed by atoms with Crippen molar-refractivity contribution in [1.29, 1.82) is 0 Å². The van der Waals surface area contributed by atoms with Gasteiger partial charge in [-0.1, -0.05) is 12.1 Å². The molecule has 0 amide bonds. The zero-order valence-electron chi connectivity index (χ0n) is 8.91. The summed E-state index contributed by atoms with van der Waals surface area (Å²) in [6, 6.07) is 6.25. The lowest BCUT2D eigenvalue weighted by Crippen LogP contribution is -2.04. The number of benzene rings is 1. The average Bonchev–Trinajstić information content (AvgIpc) is 2.62. The molecule has 0 saturated heterocycles. The van der Waals surface area contributed by atoms with Crippen molar-refractivity contribution in [3.63, 3.8) is 0 Å². The van der Waals surface area contributed by atoms with Crippen LogP contribution in [0.2, 0.25) is 0 Å². The predicted octanol–water partition coefficient (Wildman–Crippen LogP) is 1.00. The summed E-state index contributed by atoms with van der Waals surface area (Å²) in [6.07, 6.45) is 1.53. The summed E-state index contributed by atoms with van der Waals surface area (Å²) in [5.74, 6) is 0.676. The van der Waals surface area contributed by atoms with E-state index in [9.17, 15) is 10.1 Å². The Bertz CT molecular complexity index is 546. The highest BCUT2D eigenvalue weighted by Gasteiger charge is 2.07. The maximum atomic E-state index is 10.5. The molecule has 4 N–H and O–H groups in total. The second-order valence-corrected chi connectivity index (χ2v) is 3.57. The highest BCUT2D eigenvalue weighted by atomic mass is 16.6. The Morgan fingerprint density at radius 2 is 1.94 bits per heavy atom. The van der Waals surface area contributed by atoms with Gasteiger partial charge in [0.05, 0.1) is 17.8 Å². The minimum absolute atomic E-state index is 0.0619. The normalized spacial score (nSPS) is 10.4. The van der Waals surface area contributed by atoms with Crippen LogP contribution in [0.3, 0.4) is 0 Å². The second-order valence-electron chi connectivity index (χ2n) is 3.57. The Kier molecular flexibility index (Phi) is 2.65. The van der Waals surface area contributed by atoms with Gasteiger partial charge in [-0.2, -0.15) is 0 Å². The van der Waals surface area contributed by atoms with E-state index >= 15 is 0 Å². The van der Waals surface area contributed by atoms with Gasteiger partial charge in [0.1, 0.15) is 5.82 Å². The molecular weight excluding hydrogens is 222 g/mol. The van der Waals surface area contributed by atoms with Crippen molar-refractivity contribution < 1.29 is 4.92 Å². The molecule has 7 nitrogen and oxygen atoms in total. The maximum Gasteiger partial charge on any atom is 0.269 e. The van der Waals surface area contributed by atoms with Crippen LogP contribution in [0.25, 0.3) is 0 Å². The summed E-state index contributed by atoms with van der Waals surface area (Å²) in [5, 5.41) is 10.5. The van der Waals surface area contributed by atoms with Crippen LogP contribution in [0.15, 0.2) is 30.6 Å². The monoisotopic (exact) mass is 233 g/mol. The van der Waals surface area contributed by atoms with Crippen LogP contribution in [-0.2, 0) is 6.54 Å². The smallest absolute Gasteiger partial charge is 0.269 e. The van der Waals surface area contributed by atoms with Crippen molar-refractivity contribution in [1.82, 2.24) is 9.55 Å². The van der Waals surface area contributed by atoms with Gasteiger partial charge < -0.3 is 16.0 Å². The van der Waals surface area contributed by atoms with Gasteiger partial charge in [-0.15, -0.1) is 0 Å². The first kappa shape index (κ1) is 10.9. The summed E-state index contributed by atoms with van der Waals surface area (Å²) in [7, 11) is 0. The first-order valence-corrected chi connectivity index (χ1v) is 4.87. The molecule has 0 aliphatic rings. The second kappa shape index (κ2) is 4.12. The number of rotatable bonds is 3.